The normalized spacial score (nSPS) is 19.2. The number of thiol groups is 1. The zero-order valence-electron chi connectivity index (χ0n) is 8.60. The Morgan fingerprint density at radius 1 is 1.08 bits per heavy atom. The molecule has 1 N–H and O–H groups in total. The van der Waals surface area contributed by atoms with E-state index in [0.717, 1.165) is 18.2 Å². The number of nitrogens with one attached hydrogen (secondary N) is 1. The van der Waals surface area contributed by atoms with Gasteiger partial charge in [-0.2, -0.15) is 12.6 Å². The Hall–Kier alpha value is 0.310. The first-order valence-corrected chi connectivity index (χ1v) is 6.38. The highest BCUT2D eigenvalue weighted by molar-refractivity contribution is 7.80. The molecule has 0 bridgehead atoms. The molecular weight excluding hydrogens is 178 g/mol. The Morgan fingerprint density at radius 2 is 1.85 bits per heavy atom. The first-order chi connectivity index (χ1) is 6.43. The van der Waals surface area contributed by atoms with Gasteiger partial charge in [0, 0.05) is 12.3 Å². The molecule has 2 heteroatoms. The zero-order chi connectivity index (χ0) is 9.36. The lowest BCUT2D eigenvalue weighted by atomic mass is 9.86. The van der Waals surface area contributed by atoms with Gasteiger partial charge in [0.15, 0.2) is 0 Å². The van der Waals surface area contributed by atoms with Crippen molar-refractivity contribution in [3.8, 4) is 0 Å². The molecule has 1 rings (SSSR count). The summed E-state index contributed by atoms with van der Waals surface area (Å²) in [6.45, 7) is 2.25. The quantitative estimate of drug-likeness (QED) is 0.497. The third-order valence-electron chi connectivity index (χ3n) is 2.98. The average Bonchev–Trinajstić information content (AvgIpc) is 2.19. The van der Waals surface area contributed by atoms with E-state index in [4.69, 9.17) is 0 Å². The van der Waals surface area contributed by atoms with E-state index >= 15 is 0 Å². The van der Waals surface area contributed by atoms with Crippen molar-refractivity contribution in [2.45, 2.75) is 44.9 Å². The third-order valence-corrected chi connectivity index (χ3v) is 3.20. The second-order valence-electron chi connectivity index (χ2n) is 4.12. The fraction of sp³-hybridized carbons (Fsp3) is 1.00. The van der Waals surface area contributed by atoms with Crippen LogP contribution in [0.3, 0.4) is 0 Å². The third kappa shape index (κ3) is 5.58. The van der Waals surface area contributed by atoms with Gasteiger partial charge in [0.2, 0.25) is 0 Å². The summed E-state index contributed by atoms with van der Waals surface area (Å²) < 4.78 is 0. The van der Waals surface area contributed by atoms with E-state index in [1.165, 1.54) is 51.5 Å². The van der Waals surface area contributed by atoms with E-state index in [-0.39, 0.29) is 0 Å². The van der Waals surface area contributed by atoms with Crippen LogP contribution in [0.5, 0.6) is 0 Å². The van der Waals surface area contributed by atoms with Crippen molar-refractivity contribution in [2.24, 2.45) is 5.92 Å². The fourth-order valence-corrected chi connectivity index (χ4v) is 2.35. The second-order valence-corrected chi connectivity index (χ2v) is 4.57. The van der Waals surface area contributed by atoms with Crippen LogP contribution in [0.25, 0.3) is 0 Å². The SMILES string of the molecule is SCCNCCCC1CCCCC1. The van der Waals surface area contributed by atoms with E-state index in [1.54, 1.807) is 0 Å². The molecule has 0 aromatic heterocycles. The van der Waals surface area contributed by atoms with Gasteiger partial charge in [-0.25, -0.2) is 0 Å². The Morgan fingerprint density at radius 3 is 2.54 bits per heavy atom. The van der Waals surface area contributed by atoms with E-state index in [1.807, 2.05) is 0 Å². The summed E-state index contributed by atoms with van der Waals surface area (Å²) in [5.74, 6) is 2.01. The summed E-state index contributed by atoms with van der Waals surface area (Å²) in [5, 5.41) is 3.40. The van der Waals surface area contributed by atoms with Crippen molar-refractivity contribution in [3.05, 3.63) is 0 Å². The molecule has 0 aromatic rings. The lowest BCUT2D eigenvalue weighted by Gasteiger charge is -2.21. The van der Waals surface area contributed by atoms with Crippen molar-refractivity contribution < 1.29 is 0 Å². The smallest absolute Gasteiger partial charge is 0.00397 e. The molecule has 0 radical (unpaired) electrons. The highest BCUT2D eigenvalue weighted by Gasteiger charge is 2.12. The van der Waals surface area contributed by atoms with Crippen LogP contribution < -0.4 is 5.32 Å². The molecule has 1 nitrogen and oxygen atoms in total. The average molecular weight is 201 g/mol. The van der Waals surface area contributed by atoms with Crippen molar-refractivity contribution in [1.29, 1.82) is 0 Å². The van der Waals surface area contributed by atoms with Crippen molar-refractivity contribution in [3.63, 3.8) is 0 Å². The summed E-state index contributed by atoms with van der Waals surface area (Å²) in [5.41, 5.74) is 0. The molecule has 0 amide bonds. The van der Waals surface area contributed by atoms with Crippen molar-refractivity contribution in [1.82, 2.24) is 5.32 Å². The summed E-state index contributed by atoms with van der Waals surface area (Å²) in [4.78, 5) is 0. The fourth-order valence-electron chi connectivity index (χ4n) is 2.20. The van der Waals surface area contributed by atoms with Gasteiger partial charge in [-0.15, -0.1) is 0 Å². The summed E-state index contributed by atoms with van der Waals surface area (Å²) in [6, 6.07) is 0. The predicted octanol–water partition coefficient (Wildman–Crippen LogP) is 2.87. The number of rotatable bonds is 6. The van der Waals surface area contributed by atoms with Crippen LogP contribution in [0.15, 0.2) is 0 Å². The maximum absolute atomic E-state index is 4.16. The van der Waals surface area contributed by atoms with Gasteiger partial charge in [0.1, 0.15) is 0 Å². The van der Waals surface area contributed by atoms with Gasteiger partial charge in [0.05, 0.1) is 0 Å². The molecule has 78 valence electrons. The van der Waals surface area contributed by atoms with Crippen LogP contribution >= 0.6 is 12.6 Å². The van der Waals surface area contributed by atoms with E-state index in [0.29, 0.717) is 0 Å². The van der Waals surface area contributed by atoms with Crippen LogP contribution in [0.2, 0.25) is 0 Å². The minimum absolute atomic E-state index is 0.962. The molecule has 0 unspecified atom stereocenters. The molecule has 0 spiro atoms. The molecular formula is C11H23NS. The van der Waals surface area contributed by atoms with Crippen LogP contribution in [-0.2, 0) is 0 Å². The molecule has 0 atom stereocenters. The molecule has 1 aliphatic rings. The Bertz CT molecular complexity index is 111. The zero-order valence-corrected chi connectivity index (χ0v) is 9.49. The van der Waals surface area contributed by atoms with Crippen molar-refractivity contribution >= 4 is 12.6 Å². The molecule has 0 aromatic carbocycles. The molecule has 13 heavy (non-hydrogen) atoms. The first-order valence-electron chi connectivity index (χ1n) is 5.75. The summed E-state index contributed by atoms with van der Waals surface area (Å²) in [6.07, 6.45) is 10.2. The monoisotopic (exact) mass is 201 g/mol. The van der Waals surface area contributed by atoms with Crippen LogP contribution in [0.4, 0.5) is 0 Å². The van der Waals surface area contributed by atoms with Crippen molar-refractivity contribution in [2.75, 3.05) is 18.8 Å². The number of hydrogen-bond acceptors (Lipinski definition) is 2. The predicted molar refractivity (Wildman–Crippen MR) is 62.5 cm³/mol. The molecule has 0 heterocycles. The molecule has 0 aliphatic heterocycles. The Balaban J connectivity index is 1.86. The lowest BCUT2D eigenvalue weighted by molar-refractivity contribution is 0.331. The van der Waals surface area contributed by atoms with E-state index in [2.05, 4.69) is 17.9 Å². The standard InChI is InChI=1S/C11H23NS/c13-10-9-12-8-4-7-11-5-2-1-3-6-11/h11-13H,1-10H2. The summed E-state index contributed by atoms with van der Waals surface area (Å²) >= 11 is 4.16. The lowest BCUT2D eigenvalue weighted by Crippen LogP contribution is -2.18. The van der Waals surface area contributed by atoms with Crippen LogP contribution in [0, 0.1) is 5.92 Å². The first kappa shape index (κ1) is 11.4. The Labute approximate surface area is 88.1 Å². The highest BCUT2D eigenvalue weighted by Crippen LogP contribution is 2.26. The minimum Gasteiger partial charge on any atom is -0.316 e. The maximum atomic E-state index is 4.16. The Kier molecular flexibility index (Phi) is 6.73. The minimum atomic E-state index is 0.962. The number of hydrogen-bond donors (Lipinski definition) is 2. The summed E-state index contributed by atoms with van der Waals surface area (Å²) in [7, 11) is 0. The van der Waals surface area contributed by atoms with Gasteiger partial charge in [-0.05, 0) is 25.3 Å². The molecule has 1 saturated carbocycles. The van der Waals surface area contributed by atoms with E-state index in [9.17, 15) is 0 Å². The second kappa shape index (κ2) is 7.69. The van der Waals surface area contributed by atoms with Gasteiger partial charge in [0.25, 0.3) is 0 Å². The van der Waals surface area contributed by atoms with Gasteiger partial charge >= 0.3 is 0 Å². The van der Waals surface area contributed by atoms with Gasteiger partial charge < -0.3 is 5.32 Å². The largest absolute Gasteiger partial charge is 0.316 e. The molecule has 0 saturated heterocycles. The van der Waals surface area contributed by atoms with Gasteiger partial charge in [-0.3, -0.25) is 0 Å². The molecule has 1 fully saturated rings. The molecule has 1 aliphatic carbocycles. The van der Waals surface area contributed by atoms with Crippen LogP contribution in [-0.4, -0.2) is 18.8 Å². The van der Waals surface area contributed by atoms with Gasteiger partial charge in [-0.1, -0.05) is 32.1 Å². The topological polar surface area (TPSA) is 12.0 Å². The van der Waals surface area contributed by atoms with E-state index < -0.39 is 0 Å². The highest BCUT2D eigenvalue weighted by atomic mass is 32.1. The van der Waals surface area contributed by atoms with Crippen LogP contribution in [0.1, 0.15) is 44.9 Å². The maximum Gasteiger partial charge on any atom is 0.00397 e.